The van der Waals surface area contributed by atoms with Crippen molar-refractivity contribution in [3.8, 4) is 16.9 Å². The predicted molar refractivity (Wildman–Crippen MR) is 183 cm³/mol. The maximum Gasteiger partial charge on any atom is 0.127 e. The fourth-order valence-corrected chi connectivity index (χ4v) is 7.23. The number of hydrogen-bond acceptors (Lipinski definition) is 2. The van der Waals surface area contributed by atoms with E-state index in [0.717, 1.165) is 34.1 Å². The van der Waals surface area contributed by atoms with Crippen molar-refractivity contribution in [2.75, 3.05) is 13.2 Å². The Morgan fingerprint density at radius 2 is 1.20 bits per heavy atom. The van der Waals surface area contributed by atoms with Crippen LogP contribution in [-0.2, 0) is 5.41 Å². The molecule has 2 heteroatoms. The van der Waals surface area contributed by atoms with Crippen LogP contribution in [0.25, 0.3) is 49.5 Å². The van der Waals surface area contributed by atoms with Crippen molar-refractivity contribution in [3.63, 3.8) is 0 Å². The molecule has 7 aromatic rings. The van der Waals surface area contributed by atoms with Gasteiger partial charge in [0.05, 0.1) is 6.61 Å². The smallest absolute Gasteiger partial charge is 0.127 e. The van der Waals surface area contributed by atoms with Gasteiger partial charge in [0, 0.05) is 11.0 Å². The van der Waals surface area contributed by atoms with E-state index in [1.807, 2.05) is 6.07 Å². The number of allylic oxidation sites excluding steroid dienone is 1. The Labute approximate surface area is 257 Å². The lowest BCUT2D eigenvalue weighted by atomic mass is 9.63. The van der Waals surface area contributed by atoms with Gasteiger partial charge in [0.2, 0.25) is 0 Å². The lowest BCUT2D eigenvalue weighted by molar-refractivity contribution is 0.202. The summed E-state index contributed by atoms with van der Waals surface area (Å²) >= 11 is 0. The molecule has 0 fully saturated rings. The summed E-state index contributed by atoms with van der Waals surface area (Å²) < 4.78 is 6.18. The summed E-state index contributed by atoms with van der Waals surface area (Å²) in [6, 6.07) is 50.5. The van der Waals surface area contributed by atoms with E-state index in [-0.39, 0.29) is 13.2 Å². The first kappa shape index (κ1) is 26.4. The van der Waals surface area contributed by atoms with Crippen LogP contribution in [0, 0.1) is 0 Å². The van der Waals surface area contributed by atoms with Gasteiger partial charge in [0.1, 0.15) is 12.4 Å². The second-order valence-electron chi connectivity index (χ2n) is 11.6. The van der Waals surface area contributed by atoms with Gasteiger partial charge in [0.25, 0.3) is 0 Å². The normalized spacial score (nSPS) is 13.8. The van der Waals surface area contributed by atoms with Gasteiger partial charge in [-0.2, -0.15) is 0 Å². The van der Waals surface area contributed by atoms with Crippen molar-refractivity contribution in [1.29, 1.82) is 0 Å². The van der Waals surface area contributed by atoms with Crippen LogP contribution in [0.15, 0.2) is 146 Å². The molecule has 0 saturated carbocycles. The van der Waals surface area contributed by atoms with Gasteiger partial charge < -0.3 is 9.84 Å². The van der Waals surface area contributed by atoms with Gasteiger partial charge in [0.15, 0.2) is 0 Å². The number of benzene rings is 7. The van der Waals surface area contributed by atoms with Crippen molar-refractivity contribution >= 4 is 38.4 Å². The summed E-state index contributed by atoms with van der Waals surface area (Å²) in [7, 11) is 0. The van der Waals surface area contributed by atoms with Crippen LogP contribution < -0.4 is 4.74 Å². The third-order valence-electron chi connectivity index (χ3n) is 9.27. The highest BCUT2D eigenvalue weighted by Crippen LogP contribution is 2.51. The third kappa shape index (κ3) is 4.22. The lowest BCUT2D eigenvalue weighted by Gasteiger charge is -2.39. The first-order valence-corrected chi connectivity index (χ1v) is 15.3. The number of ether oxygens (including phenoxy) is 1. The fraction of sp³-hybridized carbons (Fsp3) is 0.0952. The van der Waals surface area contributed by atoms with Crippen LogP contribution in [0.4, 0.5) is 0 Å². The molecule has 0 unspecified atom stereocenters. The zero-order valence-corrected chi connectivity index (χ0v) is 24.4. The van der Waals surface area contributed by atoms with Gasteiger partial charge in [-0.3, -0.25) is 0 Å². The van der Waals surface area contributed by atoms with Crippen molar-refractivity contribution in [3.05, 3.63) is 168 Å². The first-order valence-electron chi connectivity index (χ1n) is 15.3. The van der Waals surface area contributed by atoms with Gasteiger partial charge in [-0.25, -0.2) is 0 Å². The Kier molecular flexibility index (Phi) is 6.51. The average molecular weight is 569 g/mol. The van der Waals surface area contributed by atoms with E-state index in [4.69, 9.17) is 4.74 Å². The average Bonchev–Trinajstić information content (AvgIpc) is 3.09. The number of aliphatic hydroxyl groups is 1. The Bertz CT molecular complexity index is 2130. The van der Waals surface area contributed by atoms with Gasteiger partial charge in [-0.1, -0.05) is 133 Å². The maximum absolute atomic E-state index is 9.63. The van der Waals surface area contributed by atoms with Crippen LogP contribution in [0.2, 0.25) is 0 Å². The molecule has 0 bridgehead atoms. The van der Waals surface area contributed by atoms with Crippen LogP contribution >= 0.6 is 0 Å². The molecule has 0 heterocycles. The Morgan fingerprint density at radius 1 is 0.591 bits per heavy atom. The molecule has 0 spiro atoms. The third-order valence-corrected chi connectivity index (χ3v) is 9.27. The SMILES string of the molecule is OCCOc1ccc2ccccc2c1-c1cccc2c1C=CCC2(c1ccc2ccccc2c1)c1ccc2ccccc2c1. The highest BCUT2D eigenvalue weighted by molar-refractivity contribution is 6.02. The molecule has 8 rings (SSSR count). The van der Waals surface area contributed by atoms with Crippen LogP contribution in [0.5, 0.6) is 5.75 Å². The van der Waals surface area contributed by atoms with Crippen LogP contribution in [0.1, 0.15) is 28.7 Å². The van der Waals surface area contributed by atoms with Gasteiger partial charge in [-0.15, -0.1) is 0 Å². The second-order valence-corrected chi connectivity index (χ2v) is 11.6. The summed E-state index contributed by atoms with van der Waals surface area (Å²) in [5.41, 5.74) is 6.84. The largest absolute Gasteiger partial charge is 0.491 e. The van der Waals surface area contributed by atoms with Gasteiger partial charge >= 0.3 is 0 Å². The summed E-state index contributed by atoms with van der Waals surface area (Å²) in [6.45, 7) is 0.209. The summed E-state index contributed by atoms with van der Waals surface area (Å²) in [6.07, 6.45) is 5.49. The monoisotopic (exact) mass is 568 g/mol. The summed E-state index contributed by atoms with van der Waals surface area (Å²) in [5, 5.41) is 16.9. The molecule has 0 radical (unpaired) electrons. The number of rotatable bonds is 6. The molecule has 1 aliphatic carbocycles. The lowest BCUT2D eigenvalue weighted by Crippen LogP contribution is -2.31. The predicted octanol–water partition coefficient (Wildman–Crippen LogP) is 9.94. The molecular formula is C42H32O2. The standard InChI is InChI=1S/C42H32O2/c43-25-26-44-40-23-20-31-11-5-6-14-36(31)41(40)38-15-7-17-39-37(38)16-8-24-42(39,34-21-18-29-9-1-3-12-32(29)27-34)35-22-19-30-10-2-4-13-33(30)28-35/h1-23,27-28,43H,24-26H2. The zero-order chi connectivity index (χ0) is 29.5. The minimum atomic E-state index is -0.398. The van der Waals surface area contributed by atoms with E-state index >= 15 is 0 Å². The van der Waals surface area contributed by atoms with Crippen molar-refractivity contribution < 1.29 is 9.84 Å². The minimum absolute atomic E-state index is 0.0356. The van der Waals surface area contributed by atoms with Crippen molar-refractivity contribution in [1.82, 2.24) is 0 Å². The Hall–Kier alpha value is -5.18. The van der Waals surface area contributed by atoms with Gasteiger partial charge in [-0.05, 0) is 84.8 Å². The quantitative estimate of drug-likeness (QED) is 0.216. The topological polar surface area (TPSA) is 29.5 Å². The molecule has 0 atom stereocenters. The molecule has 2 nitrogen and oxygen atoms in total. The molecule has 44 heavy (non-hydrogen) atoms. The second kappa shape index (κ2) is 10.8. The molecule has 0 amide bonds. The molecule has 212 valence electrons. The molecule has 0 aliphatic heterocycles. The highest BCUT2D eigenvalue weighted by atomic mass is 16.5. The summed E-state index contributed by atoms with van der Waals surface area (Å²) in [5.74, 6) is 0.784. The van der Waals surface area contributed by atoms with E-state index in [9.17, 15) is 5.11 Å². The van der Waals surface area contributed by atoms with Crippen LogP contribution in [-0.4, -0.2) is 18.3 Å². The summed E-state index contributed by atoms with van der Waals surface area (Å²) in [4.78, 5) is 0. The van der Waals surface area contributed by atoms with E-state index in [2.05, 4.69) is 146 Å². The minimum Gasteiger partial charge on any atom is -0.491 e. The van der Waals surface area contributed by atoms with Crippen LogP contribution in [0.3, 0.4) is 0 Å². The molecule has 7 aromatic carbocycles. The molecular weight excluding hydrogens is 536 g/mol. The fourth-order valence-electron chi connectivity index (χ4n) is 7.23. The number of aliphatic hydroxyl groups excluding tert-OH is 1. The number of hydrogen-bond donors (Lipinski definition) is 1. The highest BCUT2D eigenvalue weighted by Gasteiger charge is 2.39. The van der Waals surface area contributed by atoms with Crippen molar-refractivity contribution in [2.45, 2.75) is 11.8 Å². The van der Waals surface area contributed by atoms with E-state index in [0.29, 0.717) is 0 Å². The molecule has 0 aromatic heterocycles. The van der Waals surface area contributed by atoms with E-state index in [1.54, 1.807) is 0 Å². The molecule has 0 saturated heterocycles. The molecule has 1 N–H and O–H groups in total. The number of fused-ring (bicyclic) bond motifs is 4. The zero-order valence-electron chi connectivity index (χ0n) is 24.4. The first-order chi connectivity index (χ1) is 21.8. The maximum atomic E-state index is 9.63. The Balaban J connectivity index is 1.44. The Morgan fingerprint density at radius 3 is 1.89 bits per heavy atom. The van der Waals surface area contributed by atoms with E-state index in [1.165, 1.54) is 43.8 Å². The molecule has 1 aliphatic rings. The van der Waals surface area contributed by atoms with Crippen molar-refractivity contribution in [2.24, 2.45) is 0 Å². The van der Waals surface area contributed by atoms with E-state index < -0.39 is 5.41 Å².